The molecule has 0 amide bonds. The number of aliphatic hydroxyl groups is 1. The lowest BCUT2D eigenvalue weighted by Crippen LogP contribution is -2.49. The fraction of sp³-hybridized carbons (Fsp3) is 0.250. The number of rotatable bonds is 3. The average molecular weight is 280 g/mol. The van der Waals surface area contributed by atoms with Crippen molar-refractivity contribution in [3.63, 3.8) is 0 Å². The molecule has 1 saturated heterocycles. The van der Waals surface area contributed by atoms with Crippen molar-refractivity contribution in [3.05, 3.63) is 48.7 Å². The molecule has 0 atom stereocenters. The first kappa shape index (κ1) is 12.3. The van der Waals surface area contributed by atoms with E-state index in [9.17, 15) is 5.11 Å². The third-order valence-electron chi connectivity index (χ3n) is 3.95. The Bertz CT molecular complexity index is 762. The van der Waals surface area contributed by atoms with Gasteiger partial charge in [-0.2, -0.15) is 9.61 Å². The molecule has 0 bridgehead atoms. The molecule has 1 fully saturated rings. The summed E-state index contributed by atoms with van der Waals surface area (Å²) >= 11 is 0. The molecule has 0 radical (unpaired) electrons. The molecule has 3 aromatic rings. The molecule has 0 spiro atoms. The number of aromatic nitrogens is 3. The number of fused-ring (bicyclic) bond motifs is 1. The predicted octanol–water partition coefficient (Wildman–Crippen LogP) is 1.82. The van der Waals surface area contributed by atoms with E-state index in [4.69, 9.17) is 0 Å². The van der Waals surface area contributed by atoms with Gasteiger partial charge in [0.05, 0.1) is 11.9 Å². The van der Waals surface area contributed by atoms with Gasteiger partial charge in [-0.15, -0.1) is 0 Å². The molecule has 106 valence electrons. The summed E-state index contributed by atoms with van der Waals surface area (Å²) in [5, 5.41) is 13.6. The normalized spacial score (nSPS) is 15.4. The number of benzene rings is 1. The van der Waals surface area contributed by atoms with E-state index in [1.165, 1.54) is 0 Å². The summed E-state index contributed by atoms with van der Waals surface area (Å²) in [4.78, 5) is 6.90. The van der Waals surface area contributed by atoms with Crippen LogP contribution in [-0.4, -0.2) is 39.4 Å². The summed E-state index contributed by atoms with van der Waals surface area (Å²) in [5.74, 6) is 1.40. The first-order valence-corrected chi connectivity index (χ1v) is 7.11. The molecule has 5 nitrogen and oxygen atoms in total. The van der Waals surface area contributed by atoms with Crippen molar-refractivity contribution < 1.29 is 5.11 Å². The second kappa shape index (κ2) is 4.86. The van der Waals surface area contributed by atoms with Crippen molar-refractivity contribution >= 4 is 11.5 Å². The molecular formula is C16H16N4O. The van der Waals surface area contributed by atoms with Gasteiger partial charge in [0.1, 0.15) is 5.82 Å². The van der Waals surface area contributed by atoms with Gasteiger partial charge in [0, 0.05) is 43.3 Å². The monoisotopic (exact) mass is 280 g/mol. The highest BCUT2D eigenvalue weighted by molar-refractivity contribution is 5.67. The van der Waals surface area contributed by atoms with Crippen molar-refractivity contribution in [2.24, 2.45) is 5.92 Å². The first-order valence-electron chi connectivity index (χ1n) is 7.11. The Labute approximate surface area is 122 Å². The fourth-order valence-corrected chi connectivity index (χ4v) is 2.75. The van der Waals surface area contributed by atoms with Gasteiger partial charge in [-0.25, -0.2) is 4.98 Å². The van der Waals surface area contributed by atoms with E-state index < -0.39 is 0 Å². The summed E-state index contributed by atoms with van der Waals surface area (Å²) in [6, 6.07) is 14.1. The largest absolute Gasteiger partial charge is 0.396 e. The molecule has 0 saturated carbocycles. The zero-order valence-corrected chi connectivity index (χ0v) is 11.6. The van der Waals surface area contributed by atoms with Gasteiger partial charge < -0.3 is 10.0 Å². The van der Waals surface area contributed by atoms with E-state index in [1.807, 2.05) is 28.8 Å². The van der Waals surface area contributed by atoms with E-state index in [0.717, 1.165) is 35.8 Å². The average Bonchev–Trinajstić information content (AvgIpc) is 2.95. The topological polar surface area (TPSA) is 53.7 Å². The van der Waals surface area contributed by atoms with Crippen molar-refractivity contribution in [2.45, 2.75) is 0 Å². The number of aliphatic hydroxyl groups excluding tert-OH is 1. The maximum Gasteiger partial charge on any atom is 0.157 e. The lowest BCUT2D eigenvalue weighted by Gasteiger charge is -2.39. The minimum absolute atomic E-state index is 0.245. The highest BCUT2D eigenvalue weighted by Gasteiger charge is 2.28. The maximum absolute atomic E-state index is 9.20. The molecular weight excluding hydrogens is 264 g/mol. The summed E-state index contributed by atoms with van der Waals surface area (Å²) in [6.45, 7) is 1.97. The standard InChI is InChI=1S/C16H16N4O/c21-11-12-9-19(10-12)16-8-14(13-4-2-1-3-5-13)18-15-6-7-17-20(15)16/h1-8,12,21H,9-11H2. The first-order chi connectivity index (χ1) is 10.3. The Kier molecular flexibility index (Phi) is 2.86. The maximum atomic E-state index is 9.20. The van der Waals surface area contributed by atoms with Crippen molar-refractivity contribution in [1.29, 1.82) is 0 Å². The molecule has 4 rings (SSSR count). The molecule has 5 heteroatoms. The third-order valence-corrected chi connectivity index (χ3v) is 3.95. The minimum atomic E-state index is 0.245. The van der Waals surface area contributed by atoms with E-state index in [-0.39, 0.29) is 6.61 Å². The highest BCUT2D eigenvalue weighted by atomic mass is 16.3. The van der Waals surface area contributed by atoms with Crippen molar-refractivity contribution in [2.75, 3.05) is 24.6 Å². The minimum Gasteiger partial charge on any atom is -0.396 e. The van der Waals surface area contributed by atoms with E-state index >= 15 is 0 Å². The molecule has 1 aliphatic heterocycles. The molecule has 1 aromatic carbocycles. The fourth-order valence-electron chi connectivity index (χ4n) is 2.75. The van der Waals surface area contributed by atoms with Crippen molar-refractivity contribution in [3.8, 4) is 11.3 Å². The van der Waals surface area contributed by atoms with Gasteiger partial charge in [-0.1, -0.05) is 30.3 Å². The predicted molar refractivity (Wildman–Crippen MR) is 81.2 cm³/mol. The zero-order chi connectivity index (χ0) is 14.2. The summed E-state index contributed by atoms with van der Waals surface area (Å²) in [5.41, 5.74) is 2.89. The van der Waals surface area contributed by atoms with Gasteiger partial charge in [0.25, 0.3) is 0 Å². The molecule has 0 unspecified atom stereocenters. The van der Waals surface area contributed by atoms with Crippen LogP contribution in [0.4, 0.5) is 5.82 Å². The number of anilines is 1. The Hall–Kier alpha value is -2.40. The van der Waals surface area contributed by atoms with Crippen LogP contribution >= 0.6 is 0 Å². The van der Waals surface area contributed by atoms with Gasteiger partial charge in [-0.05, 0) is 0 Å². The number of hydrogen-bond acceptors (Lipinski definition) is 4. The van der Waals surface area contributed by atoms with Crippen molar-refractivity contribution in [1.82, 2.24) is 14.6 Å². The van der Waals surface area contributed by atoms with Gasteiger partial charge in [0.2, 0.25) is 0 Å². The third kappa shape index (κ3) is 2.06. The Balaban J connectivity index is 1.80. The van der Waals surface area contributed by atoms with Crippen LogP contribution in [-0.2, 0) is 0 Å². The van der Waals surface area contributed by atoms with E-state index in [2.05, 4.69) is 33.2 Å². The van der Waals surface area contributed by atoms with Crippen LogP contribution in [0.2, 0.25) is 0 Å². The van der Waals surface area contributed by atoms with Crippen LogP contribution in [0, 0.1) is 5.92 Å². The van der Waals surface area contributed by atoms with Gasteiger partial charge in [0.15, 0.2) is 5.65 Å². The van der Waals surface area contributed by atoms with E-state index in [0.29, 0.717) is 5.92 Å². The lowest BCUT2D eigenvalue weighted by molar-refractivity contribution is 0.200. The summed E-state index contributed by atoms with van der Waals surface area (Å²) in [6.07, 6.45) is 1.77. The van der Waals surface area contributed by atoms with Gasteiger partial charge in [-0.3, -0.25) is 0 Å². The second-order valence-corrected chi connectivity index (χ2v) is 5.42. The Morgan fingerprint density at radius 3 is 2.71 bits per heavy atom. The van der Waals surface area contributed by atoms with Crippen LogP contribution in [0.3, 0.4) is 0 Å². The summed E-state index contributed by atoms with van der Waals surface area (Å²) in [7, 11) is 0. The number of hydrogen-bond donors (Lipinski definition) is 1. The van der Waals surface area contributed by atoms with Crippen LogP contribution in [0.1, 0.15) is 0 Å². The molecule has 1 aliphatic rings. The lowest BCUT2D eigenvalue weighted by atomic mass is 10.0. The molecule has 3 heterocycles. The molecule has 1 N–H and O–H groups in total. The SMILES string of the molecule is OCC1CN(c2cc(-c3ccccc3)nc3ccnn23)C1. The van der Waals surface area contributed by atoms with Crippen LogP contribution in [0.25, 0.3) is 16.9 Å². The zero-order valence-electron chi connectivity index (χ0n) is 11.6. The highest BCUT2D eigenvalue weighted by Crippen LogP contribution is 2.28. The smallest absolute Gasteiger partial charge is 0.157 e. The molecule has 21 heavy (non-hydrogen) atoms. The van der Waals surface area contributed by atoms with Crippen LogP contribution < -0.4 is 4.90 Å². The van der Waals surface area contributed by atoms with Gasteiger partial charge >= 0.3 is 0 Å². The van der Waals surface area contributed by atoms with Crippen LogP contribution in [0.15, 0.2) is 48.7 Å². The molecule has 0 aliphatic carbocycles. The second-order valence-electron chi connectivity index (χ2n) is 5.42. The summed E-state index contributed by atoms with van der Waals surface area (Å²) < 4.78 is 1.86. The number of nitrogens with zero attached hydrogens (tertiary/aromatic N) is 4. The molecule has 2 aromatic heterocycles. The Morgan fingerprint density at radius 1 is 1.14 bits per heavy atom. The Morgan fingerprint density at radius 2 is 1.95 bits per heavy atom. The van der Waals surface area contributed by atoms with E-state index in [1.54, 1.807) is 6.20 Å². The van der Waals surface area contributed by atoms with Crippen LogP contribution in [0.5, 0.6) is 0 Å². The quantitative estimate of drug-likeness (QED) is 0.795.